The predicted octanol–water partition coefficient (Wildman–Crippen LogP) is 2.81. The normalized spacial score (nSPS) is 17.0. The van der Waals surface area contributed by atoms with Gasteiger partial charge in [0.05, 0.1) is 25.8 Å². The molecule has 1 N–H and O–H groups in total. The van der Waals surface area contributed by atoms with Crippen molar-refractivity contribution in [1.82, 2.24) is 4.90 Å². The van der Waals surface area contributed by atoms with Gasteiger partial charge in [-0.15, -0.1) is 0 Å². The van der Waals surface area contributed by atoms with Crippen LogP contribution in [0.1, 0.15) is 27.9 Å². The fourth-order valence-corrected chi connectivity index (χ4v) is 3.06. The number of carbonyl (C=O) groups is 2. The fourth-order valence-electron chi connectivity index (χ4n) is 3.06. The molecule has 0 saturated carbocycles. The zero-order valence-corrected chi connectivity index (χ0v) is 14.9. The van der Waals surface area contributed by atoms with Crippen LogP contribution in [-0.4, -0.2) is 43.0 Å². The Morgan fingerprint density at radius 2 is 1.85 bits per heavy atom. The summed E-state index contributed by atoms with van der Waals surface area (Å²) >= 11 is 0. The first-order valence-corrected chi connectivity index (χ1v) is 7.92. The second kappa shape index (κ2) is 6.59. The molecule has 136 valence electrons. The van der Waals surface area contributed by atoms with Crippen LogP contribution < -0.4 is 9.47 Å². The van der Waals surface area contributed by atoms with E-state index in [0.717, 1.165) is 0 Å². The minimum Gasteiger partial charge on any atom is -0.503 e. The summed E-state index contributed by atoms with van der Waals surface area (Å²) in [7, 11) is 4.53. The van der Waals surface area contributed by atoms with Gasteiger partial charge in [-0.1, -0.05) is 6.07 Å². The zero-order valence-electron chi connectivity index (χ0n) is 14.9. The molecular weight excluding hydrogens is 338 g/mol. The number of furan rings is 1. The highest BCUT2D eigenvalue weighted by molar-refractivity contribution is 6.14. The largest absolute Gasteiger partial charge is 0.503 e. The number of Topliss-reactive ketones (excluding diaryl/α,β-unsaturated/α-hetero) is 1. The summed E-state index contributed by atoms with van der Waals surface area (Å²) in [6.45, 7) is 1.71. The molecule has 0 spiro atoms. The summed E-state index contributed by atoms with van der Waals surface area (Å²) in [5.74, 6) is -0.133. The zero-order chi connectivity index (χ0) is 19.0. The van der Waals surface area contributed by atoms with Crippen LogP contribution in [0.5, 0.6) is 11.5 Å². The maximum atomic E-state index is 12.9. The van der Waals surface area contributed by atoms with Crippen molar-refractivity contribution >= 4 is 11.7 Å². The van der Waals surface area contributed by atoms with Crippen LogP contribution in [0.3, 0.4) is 0 Å². The number of carbonyl (C=O) groups excluding carboxylic acids is 2. The van der Waals surface area contributed by atoms with Gasteiger partial charge in [0.25, 0.3) is 5.91 Å². The van der Waals surface area contributed by atoms with Crippen LogP contribution >= 0.6 is 0 Å². The van der Waals surface area contributed by atoms with Gasteiger partial charge in [0.15, 0.2) is 23.0 Å². The lowest BCUT2D eigenvalue weighted by Gasteiger charge is -2.23. The van der Waals surface area contributed by atoms with Crippen LogP contribution in [0.15, 0.2) is 46.1 Å². The van der Waals surface area contributed by atoms with Crippen molar-refractivity contribution in [2.24, 2.45) is 0 Å². The molecule has 3 rings (SSSR count). The second-order valence-electron chi connectivity index (χ2n) is 5.93. The number of rotatable bonds is 5. The second-order valence-corrected chi connectivity index (χ2v) is 5.93. The van der Waals surface area contributed by atoms with E-state index in [2.05, 4.69) is 0 Å². The molecule has 26 heavy (non-hydrogen) atoms. The minimum absolute atomic E-state index is 0.0286. The van der Waals surface area contributed by atoms with Crippen molar-refractivity contribution < 1.29 is 28.6 Å². The highest BCUT2D eigenvalue weighted by atomic mass is 16.5. The number of methoxy groups -OCH3 is 2. The van der Waals surface area contributed by atoms with Crippen molar-refractivity contribution in [3.8, 4) is 11.5 Å². The summed E-state index contributed by atoms with van der Waals surface area (Å²) in [5.41, 5.74) is 0.577. The molecule has 2 heterocycles. The first-order valence-electron chi connectivity index (χ1n) is 7.92. The molecule has 1 amide bonds. The van der Waals surface area contributed by atoms with Crippen LogP contribution in [0, 0.1) is 6.92 Å². The predicted molar refractivity (Wildman–Crippen MR) is 92.5 cm³/mol. The third-order valence-corrected chi connectivity index (χ3v) is 4.37. The average Bonchev–Trinajstić information content (AvgIpc) is 3.17. The van der Waals surface area contributed by atoms with Gasteiger partial charge >= 0.3 is 0 Å². The number of hydrogen-bond acceptors (Lipinski definition) is 6. The van der Waals surface area contributed by atoms with E-state index in [1.807, 2.05) is 0 Å². The third kappa shape index (κ3) is 2.71. The van der Waals surface area contributed by atoms with Gasteiger partial charge < -0.3 is 23.9 Å². The van der Waals surface area contributed by atoms with E-state index in [4.69, 9.17) is 13.9 Å². The molecule has 7 nitrogen and oxygen atoms in total. The van der Waals surface area contributed by atoms with Crippen molar-refractivity contribution in [2.45, 2.75) is 13.0 Å². The summed E-state index contributed by atoms with van der Waals surface area (Å²) in [6.07, 6.45) is 0. The average molecular weight is 357 g/mol. The Balaban J connectivity index is 2.10. The smallest absolute Gasteiger partial charge is 0.289 e. The van der Waals surface area contributed by atoms with Crippen LogP contribution in [0.25, 0.3) is 0 Å². The Morgan fingerprint density at radius 1 is 1.15 bits per heavy atom. The molecule has 1 aromatic carbocycles. The van der Waals surface area contributed by atoms with Gasteiger partial charge in [-0.25, -0.2) is 0 Å². The Bertz CT molecular complexity index is 911. The van der Waals surface area contributed by atoms with E-state index in [-0.39, 0.29) is 11.3 Å². The number of likely N-dealkylation sites (N-methyl/N-ethyl adjacent to an activating group) is 1. The standard InChI is InChI=1S/C19H19NO6/c1-10-5-7-13(26-10)17(21)15-16(20(2)19(23)18(15)22)11-6-8-12(24-3)14(9-11)25-4/h5-9,16,22H,1-4H3. The first kappa shape index (κ1) is 17.6. The van der Waals surface area contributed by atoms with Gasteiger partial charge in [0, 0.05) is 7.05 Å². The van der Waals surface area contributed by atoms with E-state index in [9.17, 15) is 14.7 Å². The van der Waals surface area contributed by atoms with E-state index in [1.165, 1.54) is 32.2 Å². The number of aliphatic hydroxyl groups excluding tert-OH is 1. The number of ketones is 1. The van der Waals surface area contributed by atoms with Crippen molar-refractivity contribution in [2.75, 3.05) is 21.3 Å². The number of amides is 1. The number of aryl methyl sites for hydroxylation is 1. The maximum Gasteiger partial charge on any atom is 0.289 e. The molecule has 0 radical (unpaired) electrons. The van der Waals surface area contributed by atoms with Crippen LogP contribution in [-0.2, 0) is 4.79 Å². The molecular formula is C19H19NO6. The van der Waals surface area contributed by atoms with Gasteiger partial charge in [0.2, 0.25) is 5.78 Å². The first-order chi connectivity index (χ1) is 12.4. The Morgan fingerprint density at radius 3 is 2.42 bits per heavy atom. The molecule has 0 fully saturated rings. The van der Waals surface area contributed by atoms with Crippen molar-refractivity contribution in [3.05, 3.63) is 58.7 Å². The summed E-state index contributed by atoms with van der Waals surface area (Å²) in [4.78, 5) is 26.5. The number of hydrogen-bond donors (Lipinski definition) is 1. The highest BCUT2D eigenvalue weighted by Gasteiger charge is 2.42. The SMILES string of the molecule is COc1ccc(C2C(C(=O)c3ccc(C)o3)=C(O)C(=O)N2C)cc1OC. The molecule has 1 aliphatic heterocycles. The lowest BCUT2D eigenvalue weighted by Crippen LogP contribution is -2.26. The number of ether oxygens (including phenoxy) is 2. The molecule has 2 aromatic rings. The Hall–Kier alpha value is -3.22. The molecule has 0 saturated heterocycles. The van der Waals surface area contributed by atoms with Crippen molar-refractivity contribution in [1.29, 1.82) is 0 Å². The van der Waals surface area contributed by atoms with Crippen LogP contribution in [0.4, 0.5) is 0 Å². The van der Waals surface area contributed by atoms with E-state index < -0.39 is 23.5 Å². The van der Waals surface area contributed by atoms with E-state index in [1.54, 1.807) is 31.2 Å². The summed E-state index contributed by atoms with van der Waals surface area (Å²) in [6, 6.07) is 7.48. The van der Waals surface area contributed by atoms with Gasteiger partial charge in [-0.3, -0.25) is 9.59 Å². The molecule has 0 bridgehead atoms. The molecule has 1 atom stereocenters. The fraction of sp³-hybridized carbons (Fsp3) is 0.263. The number of nitrogens with zero attached hydrogens (tertiary/aromatic N) is 1. The van der Waals surface area contributed by atoms with Crippen LogP contribution in [0.2, 0.25) is 0 Å². The highest BCUT2D eigenvalue weighted by Crippen LogP contribution is 2.40. The van der Waals surface area contributed by atoms with Crippen molar-refractivity contribution in [3.63, 3.8) is 0 Å². The van der Waals surface area contributed by atoms with Gasteiger partial charge in [-0.05, 0) is 36.8 Å². The molecule has 1 aliphatic rings. The summed E-state index contributed by atoms with van der Waals surface area (Å²) < 4.78 is 15.9. The van der Waals surface area contributed by atoms with Gasteiger partial charge in [-0.2, -0.15) is 0 Å². The summed E-state index contributed by atoms with van der Waals surface area (Å²) in [5, 5.41) is 10.3. The Kier molecular flexibility index (Phi) is 4.46. The lowest BCUT2D eigenvalue weighted by atomic mass is 9.95. The molecule has 7 heteroatoms. The molecule has 1 unspecified atom stereocenters. The third-order valence-electron chi connectivity index (χ3n) is 4.37. The monoisotopic (exact) mass is 357 g/mol. The topological polar surface area (TPSA) is 89.2 Å². The van der Waals surface area contributed by atoms with Gasteiger partial charge in [0.1, 0.15) is 5.76 Å². The van der Waals surface area contributed by atoms with E-state index in [0.29, 0.717) is 22.8 Å². The Labute approximate surface area is 150 Å². The lowest BCUT2D eigenvalue weighted by molar-refractivity contribution is -0.128. The molecule has 1 aromatic heterocycles. The number of aliphatic hydroxyl groups is 1. The molecule has 0 aliphatic carbocycles. The maximum absolute atomic E-state index is 12.9. The quantitative estimate of drug-likeness (QED) is 0.828. The minimum atomic E-state index is -0.764. The van der Waals surface area contributed by atoms with E-state index >= 15 is 0 Å². The number of benzene rings is 1.